The Morgan fingerprint density at radius 3 is 2.48 bits per heavy atom. The van der Waals surface area contributed by atoms with Crippen LogP contribution in [0.5, 0.6) is 0 Å². The van der Waals surface area contributed by atoms with E-state index in [-0.39, 0.29) is 6.04 Å². The Hall–Kier alpha value is -2.16. The van der Waals surface area contributed by atoms with Crippen molar-refractivity contribution in [1.29, 1.82) is 0 Å². The summed E-state index contributed by atoms with van der Waals surface area (Å²) in [5.74, 6) is 0.963. The number of aromatic nitrogens is 1. The summed E-state index contributed by atoms with van der Waals surface area (Å²) in [4.78, 5) is 11.0. The van der Waals surface area contributed by atoms with Crippen molar-refractivity contribution in [3.63, 3.8) is 0 Å². The van der Waals surface area contributed by atoms with Gasteiger partial charge in [0.15, 0.2) is 0 Å². The molecule has 0 unspecified atom stereocenters. The highest BCUT2D eigenvalue weighted by molar-refractivity contribution is 5.38. The molecule has 0 spiro atoms. The summed E-state index contributed by atoms with van der Waals surface area (Å²) in [7, 11) is 0. The molecule has 0 amide bonds. The first-order chi connectivity index (χ1) is 13.9. The zero-order chi connectivity index (χ0) is 20.4. The minimum Gasteiger partial charge on any atom is -0.390 e. The Morgan fingerprint density at radius 2 is 1.79 bits per heavy atom. The first-order valence-electron chi connectivity index (χ1n) is 9.87. The number of nitrogens with zero attached hydrogens (tertiary/aromatic N) is 4. The SMILES string of the molecule is O[C@@H]1CN(Cc2cccc(C(F)(F)F)c2)C[C@H]1N1CCN(c2ccccn2)CC1. The summed E-state index contributed by atoms with van der Waals surface area (Å²) in [6, 6.07) is 11.3. The fourth-order valence-electron chi connectivity index (χ4n) is 4.26. The molecule has 29 heavy (non-hydrogen) atoms. The lowest BCUT2D eigenvalue weighted by molar-refractivity contribution is -0.137. The second-order valence-electron chi connectivity index (χ2n) is 7.74. The van der Waals surface area contributed by atoms with Crippen LogP contribution >= 0.6 is 0 Å². The van der Waals surface area contributed by atoms with Crippen molar-refractivity contribution in [3.05, 3.63) is 59.8 Å². The number of aliphatic hydroxyl groups is 1. The molecule has 0 saturated carbocycles. The number of hydrogen-bond acceptors (Lipinski definition) is 5. The van der Waals surface area contributed by atoms with E-state index in [1.807, 2.05) is 23.1 Å². The van der Waals surface area contributed by atoms with Crippen molar-refractivity contribution in [2.45, 2.75) is 24.9 Å². The van der Waals surface area contributed by atoms with Gasteiger partial charge in [0, 0.05) is 58.1 Å². The molecule has 0 radical (unpaired) electrons. The van der Waals surface area contributed by atoms with E-state index < -0.39 is 17.8 Å². The number of piperazine rings is 1. The van der Waals surface area contributed by atoms with Crippen molar-refractivity contribution in [2.75, 3.05) is 44.2 Å². The molecule has 2 aliphatic heterocycles. The summed E-state index contributed by atoms with van der Waals surface area (Å²) in [6.45, 7) is 4.88. The van der Waals surface area contributed by atoms with E-state index >= 15 is 0 Å². The number of alkyl halides is 3. The minimum atomic E-state index is -4.34. The van der Waals surface area contributed by atoms with Gasteiger partial charge in [-0.3, -0.25) is 9.80 Å². The molecule has 8 heteroatoms. The third kappa shape index (κ3) is 4.71. The van der Waals surface area contributed by atoms with Crippen LogP contribution in [0.25, 0.3) is 0 Å². The van der Waals surface area contributed by atoms with Gasteiger partial charge in [0.1, 0.15) is 5.82 Å². The molecule has 4 rings (SSSR count). The van der Waals surface area contributed by atoms with Crippen molar-refractivity contribution < 1.29 is 18.3 Å². The van der Waals surface area contributed by atoms with Gasteiger partial charge in [-0.1, -0.05) is 24.3 Å². The van der Waals surface area contributed by atoms with Crippen molar-refractivity contribution >= 4 is 5.82 Å². The predicted octanol–water partition coefficient (Wildman–Crippen LogP) is 2.47. The molecule has 1 aromatic heterocycles. The molecule has 5 nitrogen and oxygen atoms in total. The Morgan fingerprint density at radius 1 is 1.00 bits per heavy atom. The largest absolute Gasteiger partial charge is 0.416 e. The highest BCUT2D eigenvalue weighted by atomic mass is 19.4. The Kier molecular flexibility index (Phi) is 5.76. The molecule has 2 fully saturated rings. The Labute approximate surface area is 168 Å². The number of halogens is 3. The zero-order valence-corrected chi connectivity index (χ0v) is 16.1. The first-order valence-corrected chi connectivity index (χ1v) is 9.87. The molecule has 3 heterocycles. The normalized spacial score (nSPS) is 24.2. The van der Waals surface area contributed by atoms with Crippen LogP contribution in [-0.2, 0) is 12.7 Å². The average Bonchev–Trinajstić information content (AvgIpc) is 3.08. The molecule has 2 aromatic rings. The molecule has 0 bridgehead atoms. The van der Waals surface area contributed by atoms with Gasteiger partial charge in [0.2, 0.25) is 0 Å². The molecule has 1 N–H and O–H groups in total. The number of likely N-dealkylation sites (tertiary alicyclic amines) is 1. The van der Waals surface area contributed by atoms with E-state index in [1.165, 1.54) is 12.1 Å². The summed E-state index contributed by atoms with van der Waals surface area (Å²) >= 11 is 0. The van der Waals surface area contributed by atoms with E-state index in [0.29, 0.717) is 25.2 Å². The number of rotatable bonds is 4. The van der Waals surface area contributed by atoms with Crippen LogP contribution in [0, 0.1) is 0 Å². The number of β-amino-alcohol motifs (C(OH)–C–C–N with tert-alkyl or cyclic N) is 1. The zero-order valence-electron chi connectivity index (χ0n) is 16.1. The van der Waals surface area contributed by atoms with Crippen molar-refractivity contribution in [1.82, 2.24) is 14.8 Å². The lowest BCUT2D eigenvalue weighted by Gasteiger charge is -2.39. The molecular weight excluding hydrogens is 381 g/mol. The number of hydrogen-bond donors (Lipinski definition) is 1. The first kappa shape index (κ1) is 20.1. The van der Waals surface area contributed by atoms with Gasteiger partial charge in [0.05, 0.1) is 11.7 Å². The smallest absolute Gasteiger partial charge is 0.390 e. The van der Waals surface area contributed by atoms with Crippen LogP contribution in [-0.4, -0.2) is 71.3 Å². The molecule has 1 aromatic carbocycles. The fourth-order valence-corrected chi connectivity index (χ4v) is 4.26. The molecular formula is C21H25F3N4O. The third-order valence-electron chi connectivity index (χ3n) is 5.75. The maximum atomic E-state index is 12.9. The quantitative estimate of drug-likeness (QED) is 0.845. The molecule has 2 saturated heterocycles. The van der Waals surface area contributed by atoms with E-state index in [2.05, 4.69) is 14.8 Å². The molecule has 0 aliphatic carbocycles. The van der Waals surface area contributed by atoms with Crippen LogP contribution < -0.4 is 4.90 Å². The number of anilines is 1. The minimum absolute atomic E-state index is 0.00619. The predicted molar refractivity (Wildman–Crippen MR) is 105 cm³/mol. The monoisotopic (exact) mass is 406 g/mol. The van der Waals surface area contributed by atoms with Gasteiger partial charge in [-0.15, -0.1) is 0 Å². The lowest BCUT2D eigenvalue weighted by Crippen LogP contribution is -2.53. The van der Waals surface area contributed by atoms with E-state index in [0.717, 1.165) is 38.1 Å². The van der Waals surface area contributed by atoms with Crippen LogP contribution in [0.15, 0.2) is 48.7 Å². The van der Waals surface area contributed by atoms with Crippen LogP contribution in [0.1, 0.15) is 11.1 Å². The van der Waals surface area contributed by atoms with Gasteiger partial charge in [-0.25, -0.2) is 4.98 Å². The van der Waals surface area contributed by atoms with Gasteiger partial charge in [-0.2, -0.15) is 13.2 Å². The van der Waals surface area contributed by atoms with Gasteiger partial charge in [-0.05, 0) is 23.8 Å². The summed E-state index contributed by atoms with van der Waals surface area (Å²) in [5.41, 5.74) is -0.00964. The van der Waals surface area contributed by atoms with Crippen LogP contribution in [0.2, 0.25) is 0 Å². The van der Waals surface area contributed by atoms with E-state index in [9.17, 15) is 18.3 Å². The highest BCUT2D eigenvalue weighted by Crippen LogP contribution is 2.30. The summed E-state index contributed by atoms with van der Waals surface area (Å²) in [5, 5.41) is 10.6. The highest BCUT2D eigenvalue weighted by Gasteiger charge is 2.37. The van der Waals surface area contributed by atoms with Crippen molar-refractivity contribution in [2.24, 2.45) is 0 Å². The maximum absolute atomic E-state index is 12.9. The maximum Gasteiger partial charge on any atom is 0.416 e. The van der Waals surface area contributed by atoms with E-state index in [1.54, 1.807) is 12.3 Å². The molecule has 2 aliphatic rings. The van der Waals surface area contributed by atoms with Gasteiger partial charge in [0.25, 0.3) is 0 Å². The summed E-state index contributed by atoms with van der Waals surface area (Å²) < 4.78 is 38.8. The van der Waals surface area contributed by atoms with Gasteiger partial charge < -0.3 is 10.0 Å². The van der Waals surface area contributed by atoms with Crippen molar-refractivity contribution in [3.8, 4) is 0 Å². The van der Waals surface area contributed by atoms with Crippen LogP contribution in [0.3, 0.4) is 0 Å². The average molecular weight is 406 g/mol. The third-order valence-corrected chi connectivity index (χ3v) is 5.75. The second-order valence-corrected chi connectivity index (χ2v) is 7.74. The number of benzene rings is 1. The topological polar surface area (TPSA) is 42.8 Å². The Balaban J connectivity index is 1.34. The van der Waals surface area contributed by atoms with Crippen LogP contribution in [0.4, 0.5) is 19.0 Å². The molecule has 156 valence electrons. The number of pyridine rings is 1. The van der Waals surface area contributed by atoms with Gasteiger partial charge >= 0.3 is 6.18 Å². The fraction of sp³-hybridized carbons (Fsp3) is 0.476. The molecule has 2 atom stereocenters. The second kappa shape index (κ2) is 8.30. The number of aliphatic hydroxyl groups excluding tert-OH is 1. The standard InChI is InChI=1S/C21H25F3N4O/c22-21(23,24)17-5-3-4-16(12-17)13-26-14-18(19(29)15-26)27-8-10-28(11-9-27)20-6-1-2-7-25-20/h1-7,12,18-19,29H,8-11,13-15H2/t18-,19-/m1/s1. The van der Waals surface area contributed by atoms with E-state index in [4.69, 9.17) is 0 Å². The Bertz CT molecular complexity index is 809. The summed E-state index contributed by atoms with van der Waals surface area (Å²) in [6.07, 6.45) is -3.05. The lowest BCUT2D eigenvalue weighted by atomic mass is 10.1.